The first kappa shape index (κ1) is 47.9. The minimum Gasteiger partial charge on any atom is -0.490 e. The quantitative estimate of drug-likeness (QED) is 0.139. The van der Waals surface area contributed by atoms with Crippen molar-refractivity contribution >= 4 is 35.0 Å². The SMILES string of the molecule is CC1NNC2[C@H](C)N=C(c3ccc(CC4CC(CC5CCN(C6CCC(C(=O)NC7CCC(Oc8ccc(C#N)c(Cl)c8)CC7)NN6)CC5)C4)cc3)C3C(SC(C)(C4CCCCCC4)C3C)N12. The van der Waals surface area contributed by atoms with Crippen LogP contribution in [0.1, 0.15) is 154 Å². The molecule has 0 spiro atoms. The third-order valence-corrected chi connectivity index (χ3v) is 20.4. The molecule has 2 aromatic rings. The Balaban J connectivity index is 0.644. The average Bonchev–Trinajstić information content (AvgIpc) is 3.62. The number of thioether (sulfide) groups is 1. The second-order valence-corrected chi connectivity index (χ2v) is 24.4. The van der Waals surface area contributed by atoms with Crippen LogP contribution in [0.15, 0.2) is 47.5 Å². The lowest BCUT2D eigenvalue weighted by molar-refractivity contribution is -0.125. The number of likely N-dealkylation sites (tertiary alicyclic amines) is 1. The van der Waals surface area contributed by atoms with Crippen LogP contribution in [0.2, 0.25) is 5.02 Å². The number of piperidine rings is 1. The third-order valence-electron chi connectivity index (χ3n) is 18.1. The second-order valence-electron chi connectivity index (χ2n) is 22.4. The average molecular weight is 953 g/mol. The van der Waals surface area contributed by atoms with Crippen LogP contribution in [0.25, 0.3) is 0 Å². The molecule has 0 radical (unpaired) electrons. The minimum absolute atomic E-state index is 0.0873. The topological polar surface area (TPSA) is 129 Å². The summed E-state index contributed by atoms with van der Waals surface area (Å²) in [7, 11) is 0. The van der Waals surface area contributed by atoms with Crippen molar-refractivity contribution in [1.29, 1.82) is 5.26 Å². The number of nitriles is 1. The van der Waals surface area contributed by atoms with Crippen LogP contribution in [0.5, 0.6) is 5.75 Å². The van der Waals surface area contributed by atoms with Gasteiger partial charge in [0.05, 0.1) is 46.6 Å². The zero-order valence-electron chi connectivity index (χ0n) is 40.7. The van der Waals surface area contributed by atoms with Gasteiger partial charge in [-0.3, -0.25) is 19.6 Å². The molecule has 67 heavy (non-hydrogen) atoms. The van der Waals surface area contributed by atoms with E-state index in [4.69, 9.17) is 26.6 Å². The van der Waals surface area contributed by atoms with E-state index in [9.17, 15) is 4.79 Å². The molecule has 1 amide bonds. The number of ether oxygens (including phenoxy) is 1. The minimum atomic E-state index is -0.208. The van der Waals surface area contributed by atoms with E-state index in [-0.39, 0.29) is 53.4 Å². The maximum atomic E-state index is 13.3. The van der Waals surface area contributed by atoms with E-state index in [1.54, 1.807) is 18.2 Å². The number of halogens is 1. The number of aliphatic imine (C=N–C) groups is 1. The summed E-state index contributed by atoms with van der Waals surface area (Å²) in [6.07, 6.45) is 22.5. The Morgan fingerprint density at radius 2 is 1.63 bits per heavy atom. The van der Waals surface area contributed by atoms with Crippen molar-refractivity contribution in [2.45, 2.75) is 196 Å². The standard InChI is InChI=1S/C54H78ClN9O2S/c1-33-49-50(57-34(2)51-62-59-35(3)64(51)53(49)67-54(33,4)42-9-7-5-6-8-10-42)40-13-11-36(12-14-40)27-38-29-39(30-38)28-37-23-25-63(26-24-37)48-22-21-47(60-61-48)52(65)58-43-16-19-44(20-17-43)66-45-18-15-41(32-56)46(55)31-45/h11-15,18,31,33-35,37-39,42-44,47-49,51,53,59-62H,5-10,16-17,19-30H2,1-4H3,(H,58,65)/t33?,34-,35?,38?,39?,43?,44?,47?,48?,49?,51?,53?,54?/m0/s1. The first-order chi connectivity index (χ1) is 32.5. The summed E-state index contributed by atoms with van der Waals surface area (Å²) < 4.78 is 6.41. The van der Waals surface area contributed by atoms with Gasteiger partial charge in [-0.2, -0.15) is 5.26 Å². The highest BCUT2D eigenvalue weighted by molar-refractivity contribution is 8.01. The predicted molar refractivity (Wildman–Crippen MR) is 270 cm³/mol. The van der Waals surface area contributed by atoms with Gasteiger partial charge in [0.1, 0.15) is 17.9 Å². The Labute approximate surface area is 410 Å². The van der Waals surface area contributed by atoms with E-state index >= 15 is 0 Å². The number of hydrogen-bond acceptors (Lipinski definition) is 11. The lowest BCUT2D eigenvalue weighted by Gasteiger charge is -2.43. The number of carbonyl (C=O) groups is 1. The zero-order valence-corrected chi connectivity index (χ0v) is 42.2. The van der Waals surface area contributed by atoms with Crippen molar-refractivity contribution < 1.29 is 9.53 Å². The van der Waals surface area contributed by atoms with Gasteiger partial charge < -0.3 is 10.1 Å². The molecule has 5 N–H and O–H groups in total. The van der Waals surface area contributed by atoms with Crippen molar-refractivity contribution in [3.8, 4) is 11.8 Å². The van der Waals surface area contributed by atoms with E-state index in [1.165, 1.54) is 93.9 Å². The molecule has 0 aromatic heterocycles. The Bertz CT molecular complexity index is 2080. The van der Waals surface area contributed by atoms with Gasteiger partial charge in [-0.25, -0.2) is 21.7 Å². The number of benzene rings is 2. The molecule has 0 bridgehead atoms. The second kappa shape index (κ2) is 20.9. The van der Waals surface area contributed by atoms with Crippen LogP contribution >= 0.6 is 23.4 Å². The normalized spacial score (nSPS) is 37.8. The van der Waals surface area contributed by atoms with Gasteiger partial charge in [0, 0.05) is 28.5 Å². The summed E-state index contributed by atoms with van der Waals surface area (Å²) in [5.74, 6) is 5.05. The van der Waals surface area contributed by atoms with Gasteiger partial charge in [-0.05, 0) is 177 Å². The summed E-state index contributed by atoms with van der Waals surface area (Å²) in [5.41, 5.74) is 18.8. The Morgan fingerprint density at radius 1 is 0.881 bits per heavy atom. The number of hydrazine groups is 2. The summed E-state index contributed by atoms with van der Waals surface area (Å²) in [4.78, 5) is 24.2. The lowest BCUT2D eigenvalue weighted by atomic mass is 9.68. The van der Waals surface area contributed by atoms with Crippen LogP contribution < -0.4 is 31.8 Å². The van der Waals surface area contributed by atoms with Crippen molar-refractivity contribution in [3.05, 3.63) is 64.2 Å². The number of carbonyl (C=O) groups excluding carboxylic acids is 1. The molecule has 5 heterocycles. The predicted octanol–water partition coefficient (Wildman–Crippen LogP) is 9.30. The molecule has 10 rings (SSSR count). The Kier molecular flexibility index (Phi) is 15.0. The van der Waals surface area contributed by atoms with Crippen LogP contribution in [0.3, 0.4) is 0 Å². The van der Waals surface area contributed by atoms with Crippen LogP contribution in [-0.4, -0.2) is 87.4 Å². The highest BCUT2D eigenvalue weighted by Crippen LogP contribution is 2.60. The summed E-state index contributed by atoms with van der Waals surface area (Å²) in [5, 5.41) is 13.3. The molecule has 3 saturated carbocycles. The number of nitrogens with zero attached hydrogens (tertiary/aromatic N) is 4. The third kappa shape index (κ3) is 10.4. The highest BCUT2D eigenvalue weighted by atomic mass is 35.5. The van der Waals surface area contributed by atoms with E-state index in [0.717, 1.165) is 75.3 Å². The molecule has 8 unspecified atom stereocenters. The summed E-state index contributed by atoms with van der Waals surface area (Å²) in [6, 6.07) is 17.2. The van der Waals surface area contributed by atoms with Crippen LogP contribution in [0, 0.1) is 46.8 Å². The first-order valence-electron chi connectivity index (χ1n) is 26.6. The van der Waals surface area contributed by atoms with Gasteiger partial charge in [0.2, 0.25) is 5.91 Å². The molecule has 7 fully saturated rings. The van der Waals surface area contributed by atoms with Gasteiger partial charge in [0.25, 0.3) is 0 Å². The summed E-state index contributed by atoms with van der Waals surface area (Å²) in [6.45, 7) is 12.1. The number of rotatable bonds is 11. The van der Waals surface area contributed by atoms with Crippen LogP contribution in [0.4, 0.5) is 0 Å². The molecule has 13 heteroatoms. The van der Waals surface area contributed by atoms with Gasteiger partial charge in [-0.1, -0.05) is 68.5 Å². The van der Waals surface area contributed by atoms with E-state index in [1.807, 2.05) is 0 Å². The number of hydrogen-bond donors (Lipinski definition) is 5. The molecule has 5 aliphatic heterocycles. The van der Waals surface area contributed by atoms with Crippen molar-refractivity contribution in [2.24, 2.45) is 40.5 Å². The lowest BCUT2D eigenvalue weighted by Crippen LogP contribution is -2.63. The van der Waals surface area contributed by atoms with Crippen molar-refractivity contribution in [2.75, 3.05) is 13.1 Å². The fourth-order valence-electron chi connectivity index (χ4n) is 13.9. The first-order valence-corrected chi connectivity index (χ1v) is 27.8. The fourth-order valence-corrected chi connectivity index (χ4v) is 16.4. The molecule has 364 valence electrons. The maximum absolute atomic E-state index is 13.3. The number of fused-ring (bicyclic) bond motifs is 3. The van der Waals surface area contributed by atoms with E-state index < -0.39 is 0 Å². The smallest absolute Gasteiger partial charge is 0.238 e. The van der Waals surface area contributed by atoms with Crippen LogP contribution in [-0.2, 0) is 11.2 Å². The number of amides is 1. The molecule has 3 aliphatic carbocycles. The monoisotopic (exact) mass is 952 g/mol. The summed E-state index contributed by atoms with van der Waals surface area (Å²) >= 11 is 8.50. The molecular formula is C54H78ClN9O2S. The zero-order chi connectivity index (χ0) is 46.2. The van der Waals surface area contributed by atoms with Crippen molar-refractivity contribution in [3.63, 3.8) is 0 Å². The van der Waals surface area contributed by atoms with Gasteiger partial charge >= 0.3 is 0 Å². The van der Waals surface area contributed by atoms with Gasteiger partial charge in [-0.15, -0.1) is 11.8 Å². The molecule has 2 aromatic carbocycles. The Hall–Kier alpha value is -2.73. The van der Waals surface area contributed by atoms with E-state index in [0.29, 0.717) is 33.5 Å². The Morgan fingerprint density at radius 3 is 2.31 bits per heavy atom. The largest absolute Gasteiger partial charge is 0.490 e. The molecular weight excluding hydrogens is 874 g/mol. The van der Waals surface area contributed by atoms with E-state index in [2.05, 4.69) is 107 Å². The van der Waals surface area contributed by atoms with Gasteiger partial charge in [0.15, 0.2) is 0 Å². The molecule has 8 aliphatic rings. The van der Waals surface area contributed by atoms with Crippen molar-refractivity contribution in [1.82, 2.24) is 36.8 Å². The molecule has 4 saturated heterocycles. The molecule has 11 nitrogen and oxygen atoms in total. The fraction of sp³-hybridized carbons (Fsp3) is 0.722. The highest BCUT2D eigenvalue weighted by Gasteiger charge is 2.59. The maximum Gasteiger partial charge on any atom is 0.238 e. The molecule has 9 atom stereocenters. The number of nitrogens with one attached hydrogen (secondary N) is 5.